The molecule has 224 valence electrons. The Morgan fingerprint density at radius 3 is 2.32 bits per heavy atom. The number of rotatable bonds is 13. The van der Waals surface area contributed by atoms with Gasteiger partial charge in [0.1, 0.15) is 18.1 Å². The molecule has 41 heavy (non-hydrogen) atoms. The number of nitrogens with one attached hydrogen (secondary N) is 2. The highest BCUT2D eigenvalue weighted by Crippen LogP contribution is 2.25. The van der Waals surface area contributed by atoms with Gasteiger partial charge in [-0.05, 0) is 44.1 Å². The summed E-state index contributed by atoms with van der Waals surface area (Å²) in [6.45, 7) is 0.663. The fourth-order valence-electron chi connectivity index (χ4n) is 5.22. The molecule has 14 heteroatoms. The van der Waals surface area contributed by atoms with E-state index in [1.165, 1.54) is 9.80 Å². The number of carbonyl (C=O) groups is 5. The molecule has 4 atom stereocenters. The number of aliphatic imine (C=N–C) groups is 1. The second-order valence-corrected chi connectivity index (χ2v) is 10.3. The van der Waals surface area contributed by atoms with Crippen LogP contribution in [0.25, 0.3) is 0 Å². The average Bonchev–Trinajstić information content (AvgIpc) is 3.64. The Kier molecular flexibility index (Phi) is 11.4. The number of benzene rings is 1. The Hall–Kier alpha value is -4.20. The van der Waals surface area contributed by atoms with Crippen LogP contribution in [-0.4, -0.2) is 101 Å². The predicted octanol–water partition coefficient (Wildman–Crippen LogP) is -1.72. The summed E-state index contributed by atoms with van der Waals surface area (Å²) in [5.41, 5.74) is 17.5. The van der Waals surface area contributed by atoms with Crippen LogP contribution in [0.15, 0.2) is 35.3 Å². The molecule has 0 radical (unpaired) electrons. The average molecular weight is 573 g/mol. The van der Waals surface area contributed by atoms with Gasteiger partial charge in [0.05, 0.1) is 12.6 Å². The number of nitrogens with two attached hydrogens (primary N) is 3. The lowest BCUT2D eigenvalue weighted by atomic mass is 10.1. The van der Waals surface area contributed by atoms with Crippen molar-refractivity contribution in [1.82, 2.24) is 20.4 Å². The summed E-state index contributed by atoms with van der Waals surface area (Å²) in [5.74, 6) is -3.03. The number of hydrogen-bond donors (Lipinski definition) is 6. The smallest absolute Gasteiger partial charge is 0.326 e. The molecule has 2 heterocycles. The van der Waals surface area contributed by atoms with Crippen LogP contribution >= 0.6 is 0 Å². The van der Waals surface area contributed by atoms with Crippen LogP contribution < -0.4 is 27.8 Å². The summed E-state index contributed by atoms with van der Waals surface area (Å²) in [5, 5.41) is 14.5. The van der Waals surface area contributed by atoms with E-state index >= 15 is 0 Å². The molecule has 3 rings (SSSR count). The highest BCUT2D eigenvalue weighted by atomic mass is 16.4. The molecule has 1 aromatic rings. The number of likely N-dealkylation sites (tertiary alicyclic amines) is 2. The summed E-state index contributed by atoms with van der Waals surface area (Å²) in [7, 11) is 0. The third-order valence-corrected chi connectivity index (χ3v) is 7.28. The molecule has 0 unspecified atom stereocenters. The summed E-state index contributed by atoms with van der Waals surface area (Å²) >= 11 is 0. The Morgan fingerprint density at radius 2 is 1.66 bits per heavy atom. The molecule has 0 aliphatic carbocycles. The Bertz CT molecular complexity index is 1130. The molecular weight excluding hydrogens is 532 g/mol. The Labute approximate surface area is 238 Å². The van der Waals surface area contributed by atoms with E-state index in [1.54, 1.807) is 30.3 Å². The molecule has 9 N–H and O–H groups in total. The van der Waals surface area contributed by atoms with Gasteiger partial charge in [0.2, 0.25) is 23.6 Å². The summed E-state index contributed by atoms with van der Waals surface area (Å²) in [6, 6.07) is 5.42. The van der Waals surface area contributed by atoms with E-state index in [1.807, 2.05) is 0 Å². The topological polar surface area (TPSA) is 227 Å². The van der Waals surface area contributed by atoms with Crippen LogP contribution in [0.2, 0.25) is 0 Å². The molecule has 0 saturated carbocycles. The zero-order chi connectivity index (χ0) is 29.9. The molecule has 4 amide bonds. The van der Waals surface area contributed by atoms with Crippen molar-refractivity contribution in [2.24, 2.45) is 22.2 Å². The van der Waals surface area contributed by atoms with Gasteiger partial charge in [0.25, 0.3) is 0 Å². The summed E-state index contributed by atoms with van der Waals surface area (Å²) in [4.78, 5) is 70.4. The van der Waals surface area contributed by atoms with Gasteiger partial charge in [-0.2, -0.15) is 0 Å². The standard InChI is InChI=1S/C27H40N8O6/c28-18(9-4-12-31-27(29)30)24(38)35-14-6-11-21(35)25(39)34-13-5-10-20(34)23(37)32-16-22(36)33-19(26(40)41)15-17-7-2-1-3-8-17/h1-3,7-8,18-21H,4-6,9-16,28H2,(H,32,37)(H,33,36)(H,40,41)(H4,29,30,31)/t18-,19+,20-,21-/m0/s1. The molecule has 2 aliphatic heterocycles. The normalized spacial score (nSPS) is 19.7. The number of aliphatic carboxylic acids is 1. The largest absolute Gasteiger partial charge is 0.480 e. The van der Waals surface area contributed by atoms with Crippen LogP contribution in [0.3, 0.4) is 0 Å². The van der Waals surface area contributed by atoms with Crippen molar-refractivity contribution in [2.45, 2.75) is 69.1 Å². The highest BCUT2D eigenvalue weighted by Gasteiger charge is 2.42. The van der Waals surface area contributed by atoms with E-state index in [9.17, 15) is 29.1 Å². The lowest BCUT2D eigenvalue weighted by Crippen LogP contribution is -2.55. The van der Waals surface area contributed by atoms with Gasteiger partial charge >= 0.3 is 5.97 Å². The van der Waals surface area contributed by atoms with Crippen molar-refractivity contribution in [3.8, 4) is 0 Å². The van der Waals surface area contributed by atoms with Crippen LogP contribution in [0.4, 0.5) is 0 Å². The van der Waals surface area contributed by atoms with Crippen molar-refractivity contribution in [3.05, 3.63) is 35.9 Å². The van der Waals surface area contributed by atoms with Crippen molar-refractivity contribution < 1.29 is 29.1 Å². The number of hydrogen-bond acceptors (Lipinski definition) is 7. The van der Waals surface area contributed by atoms with E-state index in [0.717, 1.165) is 5.56 Å². The van der Waals surface area contributed by atoms with Crippen molar-refractivity contribution in [3.63, 3.8) is 0 Å². The third kappa shape index (κ3) is 8.90. The monoisotopic (exact) mass is 572 g/mol. The van der Waals surface area contributed by atoms with Gasteiger partial charge in [-0.1, -0.05) is 30.3 Å². The molecule has 0 bridgehead atoms. The number of carboxylic acids is 1. The van der Waals surface area contributed by atoms with E-state index in [4.69, 9.17) is 17.2 Å². The first-order valence-electron chi connectivity index (χ1n) is 13.8. The van der Waals surface area contributed by atoms with Crippen LogP contribution in [0, 0.1) is 0 Å². The van der Waals surface area contributed by atoms with Gasteiger partial charge < -0.3 is 42.7 Å². The SMILES string of the molecule is NC(N)=NCCC[C@H](N)C(=O)N1CCC[C@H]1C(=O)N1CCC[C@H]1C(=O)NCC(=O)N[C@H](Cc1ccccc1)C(=O)O. The molecule has 1 aromatic carbocycles. The van der Waals surface area contributed by atoms with Gasteiger partial charge in [-0.3, -0.25) is 24.2 Å². The molecule has 14 nitrogen and oxygen atoms in total. The van der Waals surface area contributed by atoms with Crippen molar-refractivity contribution >= 4 is 35.6 Å². The van der Waals surface area contributed by atoms with Crippen molar-refractivity contribution in [1.29, 1.82) is 0 Å². The highest BCUT2D eigenvalue weighted by molar-refractivity contribution is 5.95. The first-order chi connectivity index (χ1) is 19.6. The molecule has 2 saturated heterocycles. The number of guanidine groups is 1. The lowest BCUT2D eigenvalue weighted by Gasteiger charge is -2.32. The third-order valence-electron chi connectivity index (χ3n) is 7.28. The van der Waals surface area contributed by atoms with Crippen LogP contribution in [0.1, 0.15) is 44.1 Å². The van der Waals surface area contributed by atoms with Gasteiger partial charge in [0, 0.05) is 26.1 Å². The molecular formula is C27H40N8O6. The molecule has 0 spiro atoms. The molecule has 0 aromatic heterocycles. The number of carbonyl (C=O) groups excluding carboxylic acids is 4. The minimum atomic E-state index is -1.19. The minimum Gasteiger partial charge on any atom is -0.480 e. The predicted molar refractivity (Wildman–Crippen MR) is 150 cm³/mol. The first kappa shape index (κ1) is 31.3. The number of amides is 4. The second-order valence-electron chi connectivity index (χ2n) is 10.3. The minimum absolute atomic E-state index is 0.0348. The van der Waals surface area contributed by atoms with Gasteiger partial charge in [-0.25, -0.2) is 4.79 Å². The number of nitrogens with zero attached hydrogens (tertiary/aromatic N) is 3. The van der Waals surface area contributed by atoms with Crippen LogP contribution in [0.5, 0.6) is 0 Å². The Morgan fingerprint density at radius 1 is 1.00 bits per heavy atom. The number of carboxylic acid groups (broad SMARTS) is 1. The lowest BCUT2D eigenvalue weighted by molar-refractivity contribution is -0.147. The van der Waals surface area contributed by atoms with E-state index in [-0.39, 0.29) is 24.2 Å². The quantitative estimate of drug-likeness (QED) is 0.0896. The van der Waals surface area contributed by atoms with Gasteiger partial charge in [-0.15, -0.1) is 0 Å². The summed E-state index contributed by atoms with van der Waals surface area (Å²) in [6.07, 6.45) is 3.08. The zero-order valence-electron chi connectivity index (χ0n) is 23.0. The zero-order valence-corrected chi connectivity index (χ0v) is 23.0. The maximum absolute atomic E-state index is 13.5. The fourth-order valence-corrected chi connectivity index (χ4v) is 5.22. The maximum atomic E-state index is 13.5. The van der Waals surface area contributed by atoms with E-state index < -0.39 is 48.5 Å². The Balaban J connectivity index is 1.53. The second kappa shape index (κ2) is 15.0. The van der Waals surface area contributed by atoms with E-state index in [2.05, 4.69) is 15.6 Å². The first-order valence-corrected chi connectivity index (χ1v) is 13.8. The van der Waals surface area contributed by atoms with E-state index in [0.29, 0.717) is 58.2 Å². The van der Waals surface area contributed by atoms with Crippen molar-refractivity contribution in [2.75, 3.05) is 26.2 Å². The maximum Gasteiger partial charge on any atom is 0.326 e. The van der Waals surface area contributed by atoms with Gasteiger partial charge in [0.15, 0.2) is 5.96 Å². The molecule has 2 aliphatic rings. The fraction of sp³-hybridized carbons (Fsp3) is 0.556. The van der Waals surface area contributed by atoms with Crippen LogP contribution in [-0.2, 0) is 30.4 Å². The summed E-state index contributed by atoms with van der Waals surface area (Å²) < 4.78 is 0. The molecule has 2 fully saturated rings.